The summed E-state index contributed by atoms with van der Waals surface area (Å²) in [6.45, 7) is 7.02. The zero-order valence-electron chi connectivity index (χ0n) is 53.3. The lowest BCUT2D eigenvalue weighted by Gasteiger charge is -2.26. The molecule has 0 aliphatic carbocycles. The molecule has 0 saturated carbocycles. The fourth-order valence-corrected chi connectivity index (χ4v) is 13.8. The molecular formula is C67H80Cl2N9O14PS. The van der Waals surface area contributed by atoms with Crippen molar-refractivity contribution >= 4 is 134 Å². The Balaban J connectivity index is 0.872. The monoisotopic (exact) mass is 1370 g/mol. The minimum absolute atomic E-state index is 0.0237. The van der Waals surface area contributed by atoms with E-state index in [1.807, 2.05) is 24.3 Å². The van der Waals surface area contributed by atoms with Crippen LogP contribution in [-0.2, 0) is 35.1 Å². The summed E-state index contributed by atoms with van der Waals surface area (Å²) < 4.78 is 29.7. The molecule has 0 spiro atoms. The molecule has 3 heterocycles. The molecule has 502 valence electrons. The lowest BCUT2D eigenvalue weighted by Crippen LogP contribution is -2.48. The van der Waals surface area contributed by atoms with Crippen molar-refractivity contribution in [3.05, 3.63) is 124 Å². The number of primary amides is 1. The summed E-state index contributed by atoms with van der Waals surface area (Å²) in [6, 6.07) is 25.8. The lowest BCUT2D eigenvalue weighted by atomic mass is 9.88. The highest BCUT2D eigenvalue weighted by atomic mass is 35.5. The van der Waals surface area contributed by atoms with Crippen molar-refractivity contribution < 1.29 is 66.6 Å². The second-order valence-corrected chi connectivity index (χ2v) is 27.7. The molecule has 8 N–H and O–H groups in total. The van der Waals surface area contributed by atoms with Crippen molar-refractivity contribution in [1.82, 2.24) is 20.4 Å². The highest BCUT2D eigenvalue weighted by Gasteiger charge is 2.40. The Morgan fingerprint density at radius 1 is 0.713 bits per heavy atom. The summed E-state index contributed by atoms with van der Waals surface area (Å²) >= 11 is 14.1. The van der Waals surface area contributed by atoms with Gasteiger partial charge in [0, 0.05) is 130 Å². The van der Waals surface area contributed by atoms with Crippen molar-refractivity contribution in [2.24, 2.45) is 29.2 Å². The van der Waals surface area contributed by atoms with Gasteiger partial charge in [-0.1, -0.05) is 80.9 Å². The van der Waals surface area contributed by atoms with Crippen LogP contribution < -0.4 is 46.5 Å². The van der Waals surface area contributed by atoms with Gasteiger partial charge in [0.05, 0.1) is 27.2 Å². The summed E-state index contributed by atoms with van der Waals surface area (Å²) in [4.78, 5) is 137. The number of ketones is 2. The number of hydrogen-bond acceptors (Lipinski definition) is 15. The third-order valence-electron chi connectivity index (χ3n) is 16.7. The molecule has 94 heavy (non-hydrogen) atoms. The third-order valence-corrected chi connectivity index (χ3v) is 19.0. The van der Waals surface area contributed by atoms with Gasteiger partial charge in [-0.25, -0.2) is 18.9 Å². The number of thiophene rings is 1. The van der Waals surface area contributed by atoms with Gasteiger partial charge in [0.2, 0.25) is 11.8 Å². The summed E-state index contributed by atoms with van der Waals surface area (Å²) in [5.74, 6) is -3.93. The lowest BCUT2D eigenvalue weighted by molar-refractivity contribution is -0.134. The number of rotatable bonds is 30. The number of anilines is 3. The van der Waals surface area contributed by atoms with Gasteiger partial charge < -0.3 is 70.7 Å². The number of carbonyl (C=O) groups is 9. The van der Waals surface area contributed by atoms with Crippen LogP contribution >= 0.6 is 42.1 Å². The molecule has 27 heteroatoms. The minimum atomic E-state index is -4.00. The topological polar surface area (TPSA) is 320 Å². The van der Waals surface area contributed by atoms with Gasteiger partial charge in [0.25, 0.3) is 11.8 Å². The molecule has 8 amide bonds. The first-order valence-electron chi connectivity index (χ1n) is 31.0. The van der Waals surface area contributed by atoms with E-state index in [1.165, 1.54) is 30.8 Å². The van der Waals surface area contributed by atoms with Gasteiger partial charge in [-0.15, -0.1) is 34.5 Å². The predicted octanol–water partition coefficient (Wildman–Crippen LogP) is 10.7. The van der Waals surface area contributed by atoms with E-state index in [2.05, 4.69) is 16.0 Å². The highest BCUT2D eigenvalue weighted by molar-refractivity contribution is 7.52. The number of Topliss-reactive ketones (excluding diaryl/α,β-unsaturated/α-hetero) is 2. The Kier molecular flexibility index (Phi) is 24.7. The van der Waals surface area contributed by atoms with Crippen molar-refractivity contribution in [2.45, 2.75) is 90.2 Å². The van der Waals surface area contributed by atoms with E-state index in [0.29, 0.717) is 65.6 Å². The maximum Gasteiger partial charge on any atom is 0.415 e. The van der Waals surface area contributed by atoms with E-state index >= 15 is 0 Å². The zero-order valence-corrected chi connectivity index (χ0v) is 56.5. The van der Waals surface area contributed by atoms with Crippen LogP contribution in [0.15, 0.2) is 97.1 Å². The molecule has 8 rings (SSSR count). The Bertz CT molecular complexity index is 3870. The van der Waals surface area contributed by atoms with Crippen molar-refractivity contribution in [3.8, 4) is 11.5 Å². The maximum absolute atomic E-state index is 14.7. The smallest absolute Gasteiger partial charge is 0.415 e. The van der Waals surface area contributed by atoms with E-state index in [9.17, 15) is 52.6 Å². The van der Waals surface area contributed by atoms with Gasteiger partial charge in [-0.05, 0) is 96.8 Å². The number of nitrogens with two attached hydrogens (primary N) is 2. The largest absolute Gasteiger partial charge is 0.445 e. The van der Waals surface area contributed by atoms with Crippen LogP contribution in [0.1, 0.15) is 114 Å². The normalized spacial score (nSPS) is 15.7. The molecule has 1 unspecified atom stereocenters. The number of halogens is 2. The molecule has 0 saturated heterocycles. The Labute approximate surface area is 559 Å². The Morgan fingerprint density at radius 3 is 1.76 bits per heavy atom. The first-order valence-corrected chi connectivity index (χ1v) is 34.9. The average Bonchev–Trinajstić information content (AvgIpc) is 1.57. The van der Waals surface area contributed by atoms with Gasteiger partial charge in [0.15, 0.2) is 5.78 Å². The number of ether oxygens (including phenoxy) is 2. The molecule has 6 aromatic rings. The van der Waals surface area contributed by atoms with Crippen LogP contribution in [0.5, 0.6) is 11.5 Å². The van der Waals surface area contributed by atoms with Crippen LogP contribution in [0.2, 0.25) is 0 Å². The number of alkyl halides is 2. The molecule has 0 fully saturated rings. The molecular weight excluding hydrogens is 1290 g/mol. The number of benzene rings is 5. The summed E-state index contributed by atoms with van der Waals surface area (Å²) in [7, 11) is -0.976. The predicted molar refractivity (Wildman–Crippen MR) is 364 cm³/mol. The second-order valence-electron chi connectivity index (χ2n) is 24.2. The number of carbonyl (C=O) groups excluding carboxylic acids is 9. The summed E-state index contributed by atoms with van der Waals surface area (Å²) in [5, 5.41) is 10.9. The highest BCUT2D eigenvalue weighted by Crippen LogP contribution is 2.50. The van der Waals surface area contributed by atoms with Crippen LogP contribution in [-0.4, -0.2) is 146 Å². The summed E-state index contributed by atoms with van der Waals surface area (Å²) in [5.41, 5.74) is 14.4. The molecule has 0 radical (unpaired) electrons. The number of fused-ring (bicyclic) bond motifs is 6. The number of nitrogens with zero attached hydrogens (tertiary/aromatic N) is 4. The van der Waals surface area contributed by atoms with Crippen molar-refractivity contribution in [3.63, 3.8) is 0 Å². The molecule has 5 aromatic carbocycles. The first-order chi connectivity index (χ1) is 44.8. The van der Waals surface area contributed by atoms with E-state index in [-0.39, 0.29) is 121 Å². The van der Waals surface area contributed by atoms with Crippen LogP contribution in [0.25, 0.3) is 21.5 Å². The molecule has 2 aliphatic heterocycles. The van der Waals surface area contributed by atoms with Gasteiger partial charge in [-0.2, -0.15) is 0 Å². The van der Waals surface area contributed by atoms with E-state index in [0.717, 1.165) is 39.9 Å². The zero-order chi connectivity index (χ0) is 68.1. The first kappa shape index (κ1) is 71.7. The van der Waals surface area contributed by atoms with Crippen molar-refractivity contribution in [1.29, 1.82) is 0 Å². The van der Waals surface area contributed by atoms with E-state index in [4.69, 9.17) is 48.7 Å². The number of likely N-dealkylation sites (N-methyl/N-ethyl adjacent to an activating group) is 2. The SMILES string of the molecule is CC(=O)C[C@@H](CCCCN)C(=O)N[C@H](C(=O)C[C@@H](CCCNC(N)=O)C(=O)Nc1ccc(COC(=O)N(C)CCN(C)C(=O)Oc2cc3c(c4ccccc24)[C@H](CCl)CN3C(=O)c2ccc(C(=O)N3C[C@@H](CCl)c4c3cc(OP(C)(=O)O)c3ccccc43)s2)cc1)C(C)C. The Morgan fingerprint density at radius 2 is 1.23 bits per heavy atom. The standard InChI is InChI=1S/C67H80Cl2N9O14PS/c1-39(2)60(74-62(82)42(30-40(3)79)14-11-12-26-70)53(80)31-43(15-13-27-72-65(71)85)61(81)73-46-22-20-41(21-23-46)38-90-66(86)75(4)28-29-76(5)67(87)91-54-32-51-58(49-18-9-7-16-47(49)54)44(34-68)36-77(51)63(83)56-24-25-57(94-56)64(84)78-37-45(35-69)59-50-19-10-8-17-48(50)55(33-52(59)78)92-93(6,88)89/h7-10,16-25,32-33,39,42-45,60H,11-15,26-31,34-38,70H2,1-6H3,(H,73,81)(H,74,82)(H,88,89)(H3,71,72,85)/t42-,43-,44-,45-,60+/m1/s1. The number of nitrogens with one attached hydrogen (secondary N) is 3. The van der Waals surface area contributed by atoms with Crippen LogP contribution in [0, 0.1) is 17.8 Å². The number of amides is 8. The molecule has 2 aliphatic rings. The number of unbranched alkanes of at least 4 members (excludes halogenated alkanes) is 1. The van der Waals surface area contributed by atoms with E-state index in [1.54, 1.807) is 96.4 Å². The van der Waals surface area contributed by atoms with Crippen LogP contribution in [0.3, 0.4) is 0 Å². The van der Waals surface area contributed by atoms with Gasteiger partial charge >= 0.3 is 25.8 Å². The quantitative estimate of drug-likeness (QED) is 0.0139. The molecule has 1 aromatic heterocycles. The van der Waals surface area contributed by atoms with Crippen LogP contribution in [0.4, 0.5) is 31.4 Å². The summed E-state index contributed by atoms with van der Waals surface area (Å²) in [6.07, 6.45) is 0.638. The number of urea groups is 1. The molecule has 0 bridgehead atoms. The van der Waals surface area contributed by atoms with E-state index < -0.39 is 67.3 Å². The van der Waals surface area contributed by atoms with Gasteiger partial charge in [0.1, 0.15) is 23.9 Å². The fourth-order valence-electron chi connectivity index (χ4n) is 11.8. The third kappa shape index (κ3) is 17.8. The van der Waals surface area contributed by atoms with Crippen molar-refractivity contribution in [2.75, 3.05) is 86.9 Å². The maximum atomic E-state index is 14.7. The van der Waals surface area contributed by atoms with Gasteiger partial charge in [-0.3, -0.25) is 24.0 Å². The molecule has 23 nitrogen and oxygen atoms in total. The minimum Gasteiger partial charge on any atom is -0.445 e. The number of hydrogen-bond donors (Lipinski definition) is 6. The Hall–Kier alpha value is -8.12. The fraction of sp³-hybridized carbons (Fsp3) is 0.418. The second kappa shape index (κ2) is 32.3. The average molecular weight is 1370 g/mol. The molecule has 6 atom stereocenters.